The van der Waals surface area contributed by atoms with Crippen molar-refractivity contribution in [1.29, 1.82) is 5.41 Å². The van der Waals surface area contributed by atoms with Crippen molar-refractivity contribution in [3.05, 3.63) is 23.0 Å². The zero-order valence-corrected chi connectivity index (χ0v) is 8.81. The van der Waals surface area contributed by atoms with E-state index in [1.165, 1.54) is 12.3 Å². The summed E-state index contributed by atoms with van der Waals surface area (Å²) in [6.07, 6.45) is 1.50. The van der Waals surface area contributed by atoms with Crippen molar-refractivity contribution >= 4 is 23.0 Å². The molecule has 0 spiro atoms. The van der Waals surface area contributed by atoms with Gasteiger partial charge in [-0.15, -0.1) is 0 Å². The molecule has 0 unspecified atom stereocenters. The molecule has 3 N–H and O–H groups in total. The molecule has 3 nitrogen and oxygen atoms in total. The maximum Gasteiger partial charge on any atom is 0.131 e. The zero-order valence-electron chi connectivity index (χ0n) is 8.06. The van der Waals surface area contributed by atoms with Crippen molar-refractivity contribution in [2.24, 2.45) is 0 Å². The Kier molecular flexibility index (Phi) is 5.07. The minimum atomic E-state index is 0.354. The summed E-state index contributed by atoms with van der Waals surface area (Å²) in [5, 5.41) is 7.64. The van der Waals surface area contributed by atoms with Crippen LogP contribution in [0.3, 0.4) is 0 Å². The molecule has 0 saturated carbocycles. The number of nitrogens with two attached hydrogens (primary N) is 1. The molecule has 1 heterocycles. The van der Waals surface area contributed by atoms with Crippen LogP contribution in [0, 0.1) is 5.41 Å². The van der Waals surface area contributed by atoms with E-state index in [4.69, 9.17) is 22.7 Å². The van der Waals surface area contributed by atoms with E-state index in [1.807, 2.05) is 13.8 Å². The minimum absolute atomic E-state index is 0.354. The molecular weight excluding hydrogens is 186 g/mol. The van der Waals surface area contributed by atoms with Gasteiger partial charge >= 0.3 is 0 Å². The molecule has 1 rings (SSSR count). The summed E-state index contributed by atoms with van der Waals surface area (Å²) in [6, 6.07) is 1.54. The minimum Gasteiger partial charge on any atom is -0.398 e. The predicted octanol–water partition coefficient (Wildman–Crippen LogP) is 2.73. The summed E-state index contributed by atoms with van der Waals surface area (Å²) in [6.45, 7) is 5.65. The topological polar surface area (TPSA) is 62.8 Å². The van der Waals surface area contributed by atoms with Crippen LogP contribution in [0.15, 0.2) is 12.3 Å². The molecule has 0 amide bonds. The summed E-state index contributed by atoms with van der Waals surface area (Å²) in [7, 11) is 0. The van der Waals surface area contributed by atoms with Gasteiger partial charge in [0.15, 0.2) is 0 Å². The summed E-state index contributed by atoms with van der Waals surface area (Å²) in [4.78, 5) is 3.81. The third-order valence-corrected chi connectivity index (χ3v) is 1.51. The number of nitrogen functional groups attached to an aromatic ring is 1. The van der Waals surface area contributed by atoms with E-state index >= 15 is 0 Å². The normalized spacial score (nSPS) is 8.62. The highest BCUT2D eigenvalue weighted by Gasteiger charge is 2.01. The van der Waals surface area contributed by atoms with Crippen LogP contribution >= 0.6 is 11.6 Å². The predicted molar refractivity (Wildman–Crippen MR) is 57.5 cm³/mol. The van der Waals surface area contributed by atoms with Crippen LogP contribution < -0.4 is 5.73 Å². The number of rotatable bonds is 1. The molecule has 0 atom stereocenters. The number of halogens is 1. The van der Waals surface area contributed by atoms with Crippen molar-refractivity contribution in [3.63, 3.8) is 0 Å². The smallest absolute Gasteiger partial charge is 0.131 e. The molecule has 0 saturated heterocycles. The quantitative estimate of drug-likeness (QED) is 0.540. The lowest BCUT2D eigenvalue weighted by Crippen LogP contribution is -2.00. The number of nitrogens with zero attached hydrogens (tertiary/aromatic N) is 1. The number of nitrogens with one attached hydrogen (secondary N) is 1. The highest BCUT2D eigenvalue weighted by Crippen LogP contribution is 2.14. The van der Waals surface area contributed by atoms with E-state index in [9.17, 15) is 0 Å². The van der Waals surface area contributed by atoms with Crippen LogP contribution in [0.1, 0.15) is 26.3 Å². The van der Waals surface area contributed by atoms with Gasteiger partial charge in [-0.25, -0.2) is 4.98 Å². The van der Waals surface area contributed by atoms with E-state index < -0.39 is 0 Å². The highest BCUT2D eigenvalue weighted by molar-refractivity contribution is 6.29. The first kappa shape index (κ1) is 11.9. The Labute approximate surface area is 83.4 Å². The molecule has 0 bridgehead atoms. The molecule has 0 radical (unpaired) electrons. The summed E-state index contributed by atoms with van der Waals surface area (Å²) < 4.78 is 0. The average molecular weight is 200 g/mol. The lowest BCUT2D eigenvalue weighted by Gasteiger charge is -2.01. The zero-order chi connectivity index (χ0) is 10.4. The van der Waals surface area contributed by atoms with Crippen LogP contribution in [0.4, 0.5) is 5.69 Å². The molecule has 13 heavy (non-hydrogen) atoms. The second-order valence-electron chi connectivity index (χ2n) is 2.22. The second-order valence-corrected chi connectivity index (χ2v) is 2.61. The van der Waals surface area contributed by atoms with Gasteiger partial charge in [0.05, 0.1) is 0 Å². The average Bonchev–Trinajstić information content (AvgIpc) is 2.07. The molecular formula is C9H14ClN3. The molecule has 4 heteroatoms. The van der Waals surface area contributed by atoms with Gasteiger partial charge in [0.1, 0.15) is 5.15 Å². The molecule has 72 valence electrons. The first-order chi connectivity index (χ1) is 6.11. The first-order valence-electron chi connectivity index (χ1n) is 4.08. The van der Waals surface area contributed by atoms with Crippen LogP contribution in [-0.4, -0.2) is 10.7 Å². The van der Waals surface area contributed by atoms with E-state index in [0.717, 1.165) is 0 Å². The number of hydrogen-bond acceptors (Lipinski definition) is 3. The summed E-state index contributed by atoms with van der Waals surface area (Å²) >= 11 is 5.56. The fraction of sp³-hybridized carbons (Fsp3) is 0.333. The van der Waals surface area contributed by atoms with Crippen LogP contribution in [0.5, 0.6) is 0 Å². The van der Waals surface area contributed by atoms with Gasteiger partial charge in [0.2, 0.25) is 0 Å². The molecule has 1 aromatic heterocycles. The summed E-state index contributed by atoms with van der Waals surface area (Å²) in [5.41, 5.74) is 7.08. The van der Waals surface area contributed by atoms with Gasteiger partial charge in [-0.2, -0.15) is 0 Å². The Hall–Kier alpha value is -1.09. The third-order valence-electron chi connectivity index (χ3n) is 1.31. The Morgan fingerprint density at radius 1 is 1.54 bits per heavy atom. The van der Waals surface area contributed by atoms with Crippen LogP contribution in [-0.2, 0) is 0 Å². The lowest BCUT2D eigenvalue weighted by molar-refractivity contribution is 1.30. The Balaban J connectivity index is 0.000000671. The van der Waals surface area contributed by atoms with E-state index in [2.05, 4.69) is 4.98 Å². The van der Waals surface area contributed by atoms with Gasteiger partial charge in [0, 0.05) is 23.2 Å². The van der Waals surface area contributed by atoms with Gasteiger partial charge in [-0.1, -0.05) is 25.4 Å². The van der Waals surface area contributed by atoms with E-state index in [0.29, 0.717) is 22.1 Å². The van der Waals surface area contributed by atoms with Gasteiger partial charge < -0.3 is 11.1 Å². The van der Waals surface area contributed by atoms with Gasteiger partial charge in [-0.3, -0.25) is 0 Å². The maximum absolute atomic E-state index is 7.28. The number of pyridine rings is 1. The fourth-order valence-electron chi connectivity index (χ4n) is 0.757. The van der Waals surface area contributed by atoms with Gasteiger partial charge in [0.25, 0.3) is 0 Å². The van der Waals surface area contributed by atoms with E-state index in [-0.39, 0.29) is 0 Å². The number of hydrogen-bond donors (Lipinski definition) is 2. The number of anilines is 1. The third kappa shape index (κ3) is 3.42. The maximum atomic E-state index is 7.28. The Morgan fingerprint density at radius 2 is 2.08 bits per heavy atom. The van der Waals surface area contributed by atoms with Crippen molar-refractivity contribution < 1.29 is 0 Å². The molecule has 0 aliphatic heterocycles. The molecule has 1 aromatic rings. The molecule has 0 aliphatic carbocycles. The Morgan fingerprint density at radius 3 is 2.46 bits per heavy atom. The van der Waals surface area contributed by atoms with Crippen molar-refractivity contribution in [2.75, 3.05) is 5.73 Å². The standard InChI is InChI=1S/C7H8ClN3.C2H6/c1-4(9)5-3-11-7(8)2-6(5)10;1-2/h2-3,9H,1H3,(H2,10,11);1-2H3. The number of aromatic nitrogens is 1. The molecule has 0 aromatic carbocycles. The van der Waals surface area contributed by atoms with Crippen LogP contribution in [0.25, 0.3) is 0 Å². The van der Waals surface area contributed by atoms with Crippen molar-refractivity contribution in [1.82, 2.24) is 4.98 Å². The largest absolute Gasteiger partial charge is 0.398 e. The lowest BCUT2D eigenvalue weighted by atomic mass is 10.2. The molecule has 0 fully saturated rings. The van der Waals surface area contributed by atoms with Crippen molar-refractivity contribution in [3.8, 4) is 0 Å². The highest BCUT2D eigenvalue weighted by atomic mass is 35.5. The van der Waals surface area contributed by atoms with Gasteiger partial charge in [-0.05, 0) is 13.0 Å². The SMILES string of the molecule is CC.CC(=N)c1cnc(Cl)cc1N. The monoisotopic (exact) mass is 199 g/mol. The van der Waals surface area contributed by atoms with E-state index in [1.54, 1.807) is 6.92 Å². The summed E-state index contributed by atoms with van der Waals surface area (Å²) in [5.74, 6) is 0. The Bertz CT molecular complexity index is 297. The fourth-order valence-corrected chi connectivity index (χ4v) is 0.924. The molecule has 0 aliphatic rings. The second kappa shape index (κ2) is 5.54. The van der Waals surface area contributed by atoms with Crippen molar-refractivity contribution in [2.45, 2.75) is 20.8 Å². The first-order valence-corrected chi connectivity index (χ1v) is 4.45. The van der Waals surface area contributed by atoms with Crippen LogP contribution in [0.2, 0.25) is 5.15 Å².